The van der Waals surface area contributed by atoms with E-state index in [1.807, 2.05) is 0 Å². The molecule has 2 aromatic heterocycles. The molecule has 20 heavy (non-hydrogen) atoms. The Morgan fingerprint density at radius 1 is 1.10 bits per heavy atom. The van der Waals surface area contributed by atoms with Gasteiger partial charge >= 0.3 is 6.18 Å². The lowest BCUT2D eigenvalue weighted by molar-refractivity contribution is -0.137. The van der Waals surface area contributed by atoms with Gasteiger partial charge in [-0.15, -0.1) is 0 Å². The third kappa shape index (κ3) is 2.25. The summed E-state index contributed by atoms with van der Waals surface area (Å²) in [4.78, 5) is 3.96. The summed E-state index contributed by atoms with van der Waals surface area (Å²) in [5.74, 6) is 0. The van der Waals surface area contributed by atoms with Crippen molar-refractivity contribution in [1.82, 2.24) is 9.55 Å². The highest BCUT2D eigenvalue weighted by molar-refractivity contribution is 6.30. The van der Waals surface area contributed by atoms with Crippen molar-refractivity contribution in [3.63, 3.8) is 0 Å². The minimum absolute atomic E-state index is 0.347. The van der Waals surface area contributed by atoms with Crippen molar-refractivity contribution >= 4 is 22.5 Å². The molecule has 1 aromatic carbocycles. The maximum atomic E-state index is 12.7. The second kappa shape index (κ2) is 4.52. The predicted octanol–water partition coefficient (Wildman–Crippen LogP) is 4.70. The fourth-order valence-electron chi connectivity index (χ4n) is 2.06. The lowest BCUT2D eigenvalue weighted by atomic mass is 10.2. The van der Waals surface area contributed by atoms with Gasteiger partial charge in [-0.25, -0.2) is 4.98 Å². The lowest BCUT2D eigenvalue weighted by Gasteiger charge is -2.10. The number of alkyl halides is 3. The van der Waals surface area contributed by atoms with E-state index in [0.717, 1.165) is 17.5 Å². The number of fused-ring (bicyclic) bond motifs is 1. The number of halogens is 4. The highest BCUT2D eigenvalue weighted by Gasteiger charge is 2.30. The average molecular weight is 297 g/mol. The molecule has 0 saturated heterocycles. The van der Waals surface area contributed by atoms with Gasteiger partial charge in [-0.3, -0.25) is 0 Å². The monoisotopic (exact) mass is 296 g/mol. The Bertz CT molecular complexity index is 777. The van der Waals surface area contributed by atoms with E-state index in [-0.39, 0.29) is 0 Å². The summed E-state index contributed by atoms with van der Waals surface area (Å²) in [5.41, 5.74) is 0.450. The quantitative estimate of drug-likeness (QED) is 0.595. The molecule has 0 unspecified atom stereocenters. The topological polar surface area (TPSA) is 17.8 Å². The third-order valence-corrected chi connectivity index (χ3v) is 3.20. The fourth-order valence-corrected chi connectivity index (χ4v) is 2.23. The van der Waals surface area contributed by atoms with Gasteiger partial charge in [-0.1, -0.05) is 17.7 Å². The van der Waals surface area contributed by atoms with Gasteiger partial charge in [0.05, 0.1) is 17.3 Å². The van der Waals surface area contributed by atoms with Crippen molar-refractivity contribution < 1.29 is 13.2 Å². The van der Waals surface area contributed by atoms with Crippen LogP contribution in [0.15, 0.2) is 48.8 Å². The zero-order valence-corrected chi connectivity index (χ0v) is 10.8. The SMILES string of the molecule is FC(F)(F)c1cccc(-n2ccc3cc(Cl)ncc32)c1. The van der Waals surface area contributed by atoms with Crippen LogP contribution in [-0.2, 0) is 6.18 Å². The van der Waals surface area contributed by atoms with Gasteiger partial charge in [-0.05, 0) is 30.3 Å². The zero-order chi connectivity index (χ0) is 14.3. The first-order valence-electron chi connectivity index (χ1n) is 5.75. The van der Waals surface area contributed by atoms with Crippen LogP contribution in [0.5, 0.6) is 0 Å². The predicted molar refractivity (Wildman–Crippen MR) is 71.1 cm³/mol. The van der Waals surface area contributed by atoms with Gasteiger partial charge in [0.1, 0.15) is 5.15 Å². The second-order valence-electron chi connectivity index (χ2n) is 4.30. The molecule has 0 bridgehead atoms. The molecule has 0 aliphatic heterocycles. The van der Waals surface area contributed by atoms with E-state index < -0.39 is 11.7 Å². The van der Waals surface area contributed by atoms with Crippen LogP contribution in [0.3, 0.4) is 0 Å². The van der Waals surface area contributed by atoms with Crippen LogP contribution < -0.4 is 0 Å². The molecule has 3 aromatic rings. The van der Waals surface area contributed by atoms with Gasteiger partial charge in [-0.2, -0.15) is 13.2 Å². The molecule has 102 valence electrons. The lowest BCUT2D eigenvalue weighted by Crippen LogP contribution is -2.05. The minimum atomic E-state index is -4.36. The van der Waals surface area contributed by atoms with E-state index in [0.29, 0.717) is 16.4 Å². The van der Waals surface area contributed by atoms with E-state index in [1.165, 1.54) is 12.3 Å². The van der Waals surface area contributed by atoms with E-state index >= 15 is 0 Å². The first-order valence-corrected chi connectivity index (χ1v) is 6.13. The molecule has 2 nitrogen and oxygen atoms in total. The summed E-state index contributed by atoms with van der Waals surface area (Å²) >= 11 is 5.79. The number of pyridine rings is 1. The zero-order valence-electron chi connectivity index (χ0n) is 10.0. The van der Waals surface area contributed by atoms with Crippen LogP contribution in [0.25, 0.3) is 16.6 Å². The number of nitrogens with zero attached hydrogens (tertiary/aromatic N) is 2. The number of hydrogen-bond acceptors (Lipinski definition) is 1. The van der Waals surface area contributed by atoms with E-state index in [1.54, 1.807) is 29.0 Å². The van der Waals surface area contributed by atoms with Crippen molar-refractivity contribution in [2.75, 3.05) is 0 Å². The summed E-state index contributed by atoms with van der Waals surface area (Å²) in [7, 11) is 0. The molecule has 0 radical (unpaired) electrons. The smallest absolute Gasteiger partial charge is 0.315 e. The van der Waals surface area contributed by atoms with Crippen LogP contribution in [0, 0.1) is 0 Å². The van der Waals surface area contributed by atoms with Gasteiger partial charge in [0.25, 0.3) is 0 Å². The number of aromatic nitrogens is 2. The molecule has 3 rings (SSSR count). The van der Waals surface area contributed by atoms with E-state index in [2.05, 4.69) is 4.98 Å². The molecule has 0 spiro atoms. The van der Waals surface area contributed by atoms with Gasteiger partial charge < -0.3 is 4.57 Å². The minimum Gasteiger partial charge on any atom is -0.315 e. The summed E-state index contributed by atoms with van der Waals surface area (Å²) in [6, 6.07) is 8.60. The second-order valence-corrected chi connectivity index (χ2v) is 4.69. The van der Waals surface area contributed by atoms with Crippen LogP contribution in [0.2, 0.25) is 5.15 Å². The highest BCUT2D eigenvalue weighted by atomic mass is 35.5. The molecule has 0 aliphatic carbocycles. The van der Waals surface area contributed by atoms with Crippen LogP contribution in [0.1, 0.15) is 5.56 Å². The Morgan fingerprint density at radius 3 is 2.65 bits per heavy atom. The van der Waals surface area contributed by atoms with E-state index in [9.17, 15) is 13.2 Å². The summed E-state index contributed by atoms with van der Waals surface area (Å²) < 4.78 is 39.9. The maximum absolute atomic E-state index is 12.7. The molecule has 6 heteroatoms. The van der Waals surface area contributed by atoms with Crippen molar-refractivity contribution in [2.24, 2.45) is 0 Å². The summed E-state index contributed by atoms with van der Waals surface area (Å²) in [5, 5.41) is 1.17. The number of rotatable bonds is 1. The van der Waals surface area contributed by atoms with E-state index in [4.69, 9.17) is 11.6 Å². The van der Waals surface area contributed by atoms with Crippen molar-refractivity contribution in [3.05, 3.63) is 59.5 Å². The molecule has 0 saturated carbocycles. The van der Waals surface area contributed by atoms with Crippen LogP contribution in [0.4, 0.5) is 13.2 Å². The molecular formula is C14H8ClF3N2. The molecular weight excluding hydrogens is 289 g/mol. The van der Waals surface area contributed by atoms with Crippen LogP contribution >= 0.6 is 11.6 Å². The fraction of sp³-hybridized carbons (Fsp3) is 0.0714. The molecule has 0 fully saturated rings. The normalized spacial score (nSPS) is 12.0. The van der Waals surface area contributed by atoms with Crippen molar-refractivity contribution in [3.8, 4) is 5.69 Å². The first-order chi connectivity index (χ1) is 9.45. The number of hydrogen-bond donors (Lipinski definition) is 0. The van der Waals surface area contributed by atoms with Crippen molar-refractivity contribution in [2.45, 2.75) is 6.18 Å². The van der Waals surface area contributed by atoms with Crippen molar-refractivity contribution in [1.29, 1.82) is 0 Å². The average Bonchev–Trinajstić information content (AvgIpc) is 2.80. The molecule has 0 aliphatic rings. The Morgan fingerprint density at radius 2 is 1.90 bits per heavy atom. The Balaban J connectivity index is 2.16. The van der Waals surface area contributed by atoms with Gasteiger partial charge in [0, 0.05) is 17.3 Å². The third-order valence-electron chi connectivity index (χ3n) is 2.99. The standard InChI is InChI=1S/C14H8ClF3N2/c15-13-6-9-4-5-20(12(9)8-19-13)11-3-1-2-10(7-11)14(16,17)18/h1-8H. The van der Waals surface area contributed by atoms with Crippen LogP contribution in [-0.4, -0.2) is 9.55 Å². The molecule has 0 amide bonds. The van der Waals surface area contributed by atoms with Gasteiger partial charge in [0.15, 0.2) is 0 Å². The molecule has 0 N–H and O–H groups in total. The van der Waals surface area contributed by atoms with Gasteiger partial charge in [0.2, 0.25) is 0 Å². The molecule has 0 atom stereocenters. The highest BCUT2D eigenvalue weighted by Crippen LogP contribution is 2.31. The Kier molecular flexibility index (Phi) is 2.94. The number of benzene rings is 1. The largest absolute Gasteiger partial charge is 0.416 e. The Labute approximate surface area is 117 Å². The molecule has 2 heterocycles. The maximum Gasteiger partial charge on any atom is 0.416 e. The first kappa shape index (κ1) is 13.0. The summed E-state index contributed by atoms with van der Waals surface area (Å²) in [6.07, 6.45) is -1.13. The Hall–Kier alpha value is -2.01. The summed E-state index contributed by atoms with van der Waals surface area (Å²) in [6.45, 7) is 0.